The lowest BCUT2D eigenvalue weighted by Gasteiger charge is -2.04. The fourth-order valence-corrected chi connectivity index (χ4v) is 3.07. The Labute approximate surface area is 126 Å². The van der Waals surface area contributed by atoms with E-state index in [-0.39, 0.29) is 5.91 Å². The molecule has 5 nitrogen and oxygen atoms in total. The summed E-state index contributed by atoms with van der Waals surface area (Å²) in [4.78, 5) is 11.8. The molecular formula is C13H16N4OS2. The van der Waals surface area contributed by atoms with E-state index >= 15 is 0 Å². The second kappa shape index (κ2) is 7.25. The zero-order valence-corrected chi connectivity index (χ0v) is 13.0. The lowest BCUT2D eigenvalue weighted by molar-refractivity contribution is -0.113. The molecule has 0 fully saturated rings. The van der Waals surface area contributed by atoms with Crippen molar-refractivity contribution in [1.82, 2.24) is 10.2 Å². The molecule has 2 aromatic rings. The third-order valence-electron chi connectivity index (χ3n) is 2.40. The van der Waals surface area contributed by atoms with Gasteiger partial charge in [-0.05, 0) is 26.0 Å². The Morgan fingerprint density at radius 2 is 2.05 bits per heavy atom. The van der Waals surface area contributed by atoms with Gasteiger partial charge >= 0.3 is 0 Å². The molecule has 0 atom stereocenters. The molecule has 0 aliphatic rings. The Morgan fingerprint density at radius 1 is 1.30 bits per heavy atom. The molecule has 2 N–H and O–H groups in total. The third-order valence-corrected chi connectivity index (χ3v) is 4.41. The monoisotopic (exact) mass is 308 g/mol. The van der Waals surface area contributed by atoms with E-state index in [1.807, 2.05) is 38.1 Å². The summed E-state index contributed by atoms with van der Waals surface area (Å²) in [6.07, 6.45) is 0. The van der Waals surface area contributed by atoms with Crippen molar-refractivity contribution in [3.8, 4) is 0 Å². The SMILES string of the molecule is CCNc1nnc(SCC(=O)Nc2ccc(C)cc2)s1. The number of amides is 1. The maximum atomic E-state index is 11.8. The first kappa shape index (κ1) is 14.8. The Kier molecular flexibility index (Phi) is 5.37. The van der Waals surface area contributed by atoms with Crippen LogP contribution in [-0.2, 0) is 4.79 Å². The zero-order chi connectivity index (χ0) is 14.4. The van der Waals surface area contributed by atoms with Gasteiger partial charge in [0, 0.05) is 12.2 Å². The summed E-state index contributed by atoms with van der Waals surface area (Å²) in [7, 11) is 0. The van der Waals surface area contributed by atoms with Crippen molar-refractivity contribution in [1.29, 1.82) is 0 Å². The number of aromatic nitrogens is 2. The van der Waals surface area contributed by atoms with Crippen LogP contribution in [0.5, 0.6) is 0 Å². The predicted molar refractivity (Wildman–Crippen MR) is 84.6 cm³/mol. The summed E-state index contributed by atoms with van der Waals surface area (Å²) in [6.45, 7) is 4.83. The van der Waals surface area contributed by atoms with Gasteiger partial charge in [-0.25, -0.2) is 0 Å². The second-order valence-corrected chi connectivity index (χ2v) is 6.31. The van der Waals surface area contributed by atoms with Crippen LogP contribution >= 0.6 is 23.1 Å². The van der Waals surface area contributed by atoms with Gasteiger partial charge in [-0.1, -0.05) is 40.8 Å². The Hall–Kier alpha value is -1.60. The van der Waals surface area contributed by atoms with Gasteiger partial charge in [0.25, 0.3) is 0 Å². The summed E-state index contributed by atoms with van der Waals surface area (Å²) in [6, 6.07) is 7.73. The average molecular weight is 308 g/mol. The van der Waals surface area contributed by atoms with E-state index in [2.05, 4.69) is 20.8 Å². The number of hydrogen-bond acceptors (Lipinski definition) is 6. The maximum Gasteiger partial charge on any atom is 0.234 e. The van der Waals surface area contributed by atoms with Crippen LogP contribution in [0.15, 0.2) is 28.6 Å². The number of carbonyl (C=O) groups excluding carboxylic acids is 1. The Bertz CT molecular complexity index is 568. The van der Waals surface area contributed by atoms with Crippen molar-refractivity contribution < 1.29 is 4.79 Å². The highest BCUT2D eigenvalue weighted by atomic mass is 32.2. The molecule has 0 spiro atoms. The summed E-state index contributed by atoms with van der Waals surface area (Å²) in [5.74, 6) is 0.285. The molecular weight excluding hydrogens is 292 g/mol. The van der Waals surface area contributed by atoms with E-state index in [1.165, 1.54) is 28.7 Å². The molecule has 0 bridgehead atoms. The Balaban J connectivity index is 1.80. The fourth-order valence-electron chi connectivity index (χ4n) is 1.45. The van der Waals surface area contributed by atoms with E-state index in [0.717, 1.165) is 21.7 Å². The average Bonchev–Trinajstić information content (AvgIpc) is 2.87. The van der Waals surface area contributed by atoms with Crippen LogP contribution in [0.1, 0.15) is 12.5 Å². The number of carbonyl (C=O) groups is 1. The van der Waals surface area contributed by atoms with E-state index in [0.29, 0.717) is 5.75 Å². The van der Waals surface area contributed by atoms with Crippen LogP contribution in [0.3, 0.4) is 0 Å². The van der Waals surface area contributed by atoms with Gasteiger partial charge in [-0.3, -0.25) is 4.79 Å². The first-order chi connectivity index (χ1) is 9.67. The van der Waals surface area contributed by atoms with Gasteiger partial charge in [0.1, 0.15) is 0 Å². The molecule has 1 heterocycles. The molecule has 1 aromatic heterocycles. The van der Waals surface area contributed by atoms with Gasteiger partial charge in [0.15, 0.2) is 4.34 Å². The molecule has 0 aliphatic heterocycles. The molecule has 0 saturated heterocycles. The lowest BCUT2D eigenvalue weighted by Crippen LogP contribution is -2.13. The van der Waals surface area contributed by atoms with Gasteiger partial charge in [-0.2, -0.15) is 0 Å². The van der Waals surface area contributed by atoms with Crippen molar-refractivity contribution in [3.63, 3.8) is 0 Å². The van der Waals surface area contributed by atoms with Crippen molar-refractivity contribution in [2.45, 2.75) is 18.2 Å². The normalized spacial score (nSPS) is 10.3. The van der Waals surface area contributed by atoms with Crippen LogP contribution in [0, 0.1) is 6.92 Å². The van der Waals surface area contributed by atoms with Gasteiger partial charge in [-0.15, -0.1) is 10.2 Å². The van der Waals surface area contributed by atoms with Crippen molar-refractivity contribution >= 4 is 39.8 Å². The standard InChI is InChI=1S/C13H16N4OS2/c1-3-14-12-16-17-13(20-12)19-8-11(18)15-10-6-4-9(2)5-7-10/h4-7H,3,8H2,1-2H3,(H,14,16)(H,15,18). The van der Waals surface area contributed by atoms with E-state index in [4.69, 9.17) is 0 Å². The molecule has 7 heteroatoms. The quantitative estimate of drug-likeness (QED) is 0.803. The van der Waals surface area contributed by atoms with Crippen LogP contribution in [-0.4, -0.2) is 28.4 Å². The van der Waals surface area contributed by atoms with Crippen molar-refractivity contribution in [2.75, 3.05) is 22.9 Å². The minimum absolute atomic E-state index is 0.0425. The van der Waals surface area contributed by atoms with Gasteiger partial charge in [0.05, 0.1) is 5.75 Å². The van der Waals surface area contributed by atoms with E-state index in [9.17, 15) is 4.79 Å². The summed E-state index contributed by atoms with van der Waals surface area (Å²) < 4.78 is 0.792. The molecule has 20 heavy (non-hydrogen) atoms. The zero-order valence-electron chi connectivity index (χ0n) is 11.3. The van der Waals surface area contributed by atoms with Crippen LogP contribution < -0.4 is 10.6 Å². The molecule has 2 rings (SSSR count). The lowest BCUT2D eigenvalue weighted by atomic mass is 10.2. The number of rotatable bonds is 6. The van der Waals surface area contributed by atoms with Crippen molar-refractivity contribution in [2.24, 2.45) is 0 Å². The molecule has 1 aromatic carbocycles. The third kappa shape index (κ3) is 4.50. The van der Waals surface area contributed by atoms with E-state index in [1.54, 1.807) is 0 Å². The second-order valence-electron chi connectivity index (χ2n) is 4.11. The van der Waals surface area contributed by atoms with Gasteiger partial charge < -0.3 is 10.6 Å². The first-order valence-electron chi connectivity index (χ1n) is 6.24. The molecule has 106 valence electrons. The number of thioether (sulfide) groups is 1. The van der Waals surface area contributed by atoms with Crippen LogP contribution in [0.4, 0.5) is 10.8 Å². The topological polar surface area (TPSA) is 66.9 Å². The smallest absolute Gasteiger partial charge is 0.234 e. The summed E-state index contributed by atoms with van der Waals surface area (Å²) in [5, 5.41) is 14.7. The van der Waals surface area contributed by atoms with Gasteiger partial charge in [0.2, 0.25) is 11.0 Å². The molecule has 0 unspecified atom stereocenters. The number of nitrogens with zero attached hydrogens (tertiary/aromatic N) is 2. The molecule has 0 radical (unpaired) electrons. The van der Waals surface area contributed by atoms with Crippen molar-refractivity contribution in [3.05, 3.63) is 29.8 Å². The highest BCUT2D eigenvalue weighted by Crippen LogP contribution is 2.25. The summed E-state index contributed by atoms with van der Waals surface area (Å²) in [5.41, 5.74) is 1.98. The maximum absolute atomic E-state index is 11.8. The number of hydrogen-bond donors (Lipinski definition) is 2. The molecule has 1 amide bonds. The predicted octanol–water partition coefficient (Wildman–Crippen LogP) is 3.01. The van der Waals surface area contributed by atoms with Crippen LogP contribution in [0.2, 0.25) is 0 Å². The number of nitrogens with one attached hydrogen (secondary N) is 2. The highest BCUT2D eigenvalue weighted by Gasteiger charge is 2.08. The molecule has 0 saturated carbocycles. The largest absolute Gasteiger partial charge is 0.360 e. The van der Waals surface area contributed by atoms with Crippen LogP contribution in [0.25, 0.3) is 0 Å². The number of aryl methyl sites for hydroxylation is 1. The number of benzene rings is 1. The van der Waals surface area contributed by atoms with E-state index < -0.39 is 0 Å². The summed E-state index contributed by atoms with van der Waals surface area (Å²) >= 11 is 2.85. The molecule has 0 aliphatic carbocycles. The minimum Gasteiger partial charge on any atom is -0.360 e. The number of anilines is 2. The highest BCUT2D eigenvalue weighted by molar-refractivity contribution is 8.01. The minimum atomic E-state index is -0.0425. The Morgan fingerprint density at radius 3 is 2.75 bits per heavy atom. The first-order valence-corrected chi connectivity index (χ1v) is 8.04. The fraction of sp³-hybridized carbons (Fsp3) is 0.308.